The van der Waals surface area contributed by atoms with Crippen LogP contribution < -0.4 is 5.32 Å². The third-order valence-electron chi connectivity index (χ3n) is 2.96. The average molecular weight is 183 g/mol. The molecule has 0 aromatic heterocycles. The topological polar surface area (TPSA) is 32.3 Å². The van der Waals surface area contributed by atoms with Crippen LogP contribution in [0.25, 0.3) is 0 Å². The summed E-state index contributed by atoms with van der Waals surface area (Å²) in [6, 6.07) is 0.533. The van der Waals surface area contributed by atoms with Crippen LogP contribution in [0, 0.1) is 5.92 Å². The fraction of sp³-hybridized carbons (Fsp3) is 0.818. The fourth-order valence-corrected chi connectivity index (χ4v) is 1.90. The number of hydrogen-bond acceptors (Lipinski definition) is 2. The van der Waals surface area contributed by atoms with Crippen molar-refractivity contribution in [2.75, 3.05) is 0 Å². The molecule has 0 saturated heterocycles. The summed E-state index contributed by atoms with van der Waals surface area (Å²) < 4.78 is 0. The average Bonchev–Trinajstić information content (AvgIpc) is 2.11. The van der Waals surface area contributed by atoms with Crippen molar-refractivity contribution < 1.29 is 5.11 Å². The SMILES string of the molecule is C=C(CC)N[C@@H]1CC[C@H](O)C(C)C1. The van der Waals surface area contributed by atoms with Gasteiger partial charge in [0, 0.05) is 11.7 Å². The highest BCUT2D eigenvalue weighted by molar-refractivity contribution is 4.94. The van der Waals surface area contributed by atoms with Crippen LogP contribution in [0.1, 0.15) is 39.5 Å². The summed E-state index contributed by atoms with van der Waals surface area (Å²) in [5.74, 6) is 0.427. The molecule has 1 unspecified atom stereocenters. The molecule has 2 N–H and O–H groups in total. The molecule has 2 heteroatoms. The molecule has 1 rings (SSSR count). The first-order chi connectivity index (χ1) is 6.13. The minimum Gasteiger partial charge on any atom is -0.393 e. The van der Waals surface area contributed by atoms with Crippen LogP contribution in [-0.4, -0.2) is 17.3 Å². The normalized spacial score (nSPS) is 34.2. The van der Waals surface area contributed by atoms with E-state index in [1.54, 1.807) is 0 Å². The molecule has 1 aliphatic carbocycles. The maximum absolute atomic E-state index is 9.54. The standard InChI is InChI=1S/C11H21NO/c1-4-9(3)12-10-5-6-11(13)8(2)7-10/h8,10-13H,3-7H2,1-2H3/t8?,10-,11+/m1/s1. The first kappa shape index (κ1) is 10.6. The maximum Gasteiger partial charge on any atom is 0.0567 e. The van der Waals surface area contributed by atoms with E-state index in [0.29, 0.717) is 12.0 Å². The van der Waals surface area contributed by atoms with Crippen molar-refractivity contribution >= 4 is 0 Å². The van der Waals surface area contributed by atoms with Gasteiger partial charge in [-0.1, -0.05) is 20.4 Å². The molecule has 3 atom stereocenters. The molecule has 76 valence electrons. The zero-order valence-electron chi connectivity index (χ0n) is 8.71. The predicted molar refractivity (Wildman–Crippen MR) is 55.4 cm³/mol. The quantitative estimate of drug-likeness (QED) is 0.702. The van der Waals surface area contributed by atoms with Gasteiger partial charge in [-0.2, -0.15) is 0 Å². The molecule has 0 amide bonds. The van der Waals surface area contributed by atoms with Crippen LogP contribution in [0.2, 0.25) is 0 Å². The van der Waals surface area contributed by atoms with Crippen molar-refractivity contribution in [3.63, 3.8) is 0 Å². The van der Waals surface area contributed by atoms with Crippen molar-refractivity contribution in [2.24, 2.45) is 5.92 Å². The van der Waals surface area contributed by atoms with Gasteiger partial charge in [0.25, 0.3) is 0 Å². The summed E-state index contributed by atoms with van der Waals surface area (Å²) in [7, 11) is 0. The van der Waals surface area contributed by atoms with Crippen molar-refractivity contribution in [1.29, 1.82) is 0 Å². The molecule has 0 aromatic carbocycles. The highest BCUT2D eigenvalue weighted by Gasteiger charge is 2.25. The van der Waals surface area contributed by atoms with Gasteiger partial charge in [0.2, 0.25) is 0 Å². The summed E-state index contributed by atoms with van der Waals surface area (Å²) in [6.45, 7) is 8.16. The molecule has 1 aliphatic rings. The Hall–Kier alpha value is -0.500. The van der Waals surface area contributed by atoms with Gasteiger partial charge in [0.15, 0.2) is 0 Å². The van der Waals surface area contributed by atoms with Gasteiger partial charge in [-0.15, -0.1) is 0 Å². The van der Waals surface area contributed by atoms with Gasteiger partial charge >= 0.3 is 0 Å². The molecule has 0 aliphatic heterocycles. The van der Waals surface area contributed by atoms with Gasteiger partial charge in [0.05, 0.1) is 6.10 Å². The van der Waals surface area contributed by atoms with Crippen molar-refractivity contribution in [1.82, 2.24) is 5.32 Å². The lowest BCUT2D eigenvalue weighted by molar-refractivity contribution is 0.0676. The number of rotatable bonds is 3. The number of allylic oxidation sites excluding steroid dienone is 1. The summed E-state index contributed by atoms with van der Waals surface area (Å²) in [6.07, 6.45) is 3.97. The van der Waals surface area contributed by atoms with Gasteiger partial charge in [-0.25, -0.2) is 0 Å². The molecule has 0 radical (unpaired) electrons. The zero-order valence-corrected chi connectivity index (χ0v) is 8.71. The third kappa shape index (κ3) is 3.03. The van der Waals surface area contributed by atoms with E-state index in [4.69, 9.17) is 0 Å². The van der Waals surface area contributed by atoms with Crippen molar-refractivity contribution in [3.8, 4) is 0 Å². The second-order valence-electron chi connectivity index (χ2n) is 4.16. The van der Waals surface area contributed by atoms with Crippen LogP contribution in [-0.2, 0) is 0 Å². The van der Waals surface area contributed by atoms with Gasteiger partial charge in [-0.05, 0) is 31.6 Å². The highest BCUT2D eigenvalue weighted by atomic mass is 16.3. The second kappa shape index (κ2) is 4.66. The van der Waals surface area contributed by atoms with Crippen molar-refractivity contribution in [2.45, 2.75) is 51.7 Å². The molecule has 13 heavy (non-hydrogen) atoms. The van der Waals surface area contributed by atoms with E-state index in [2.05, 4.69) is 25.7 Å². The van der Waals surface area contributed by atoms with Crippen LogP contribution in [0.15, 0.2) is 12.3 Å². The van der Waals surface area contributed by atoms with E-state index >= 15 is 0 Å². The number of hydrogen-bond donors (Lipinski definition) is 2. The maximum atomic E-state index is 9.54. The predicted octanol–water partition coefficient (Wildman–Crippen LogP) is 2.05. The van der Waals surface area contributed by atoms with Crippen LogP contribution in [0.3, 0.4) is 0 Å². The lowest BCUT2D eigenvalue weighted by Crippen LogP contribution is -2.38. The molecular formula is C11H21NO. The monoisotopic (exact) mass is 183 g/mol. The summed E-state index contributed by atoms with van der Waals surface area (Å²) >= 11 is 0. The zero-order chi connectivity index (χ0) is 9.84. The lowest BCUT2D eigenvalue weighted by Gasteiger charge is -2.32. The Balaban J connectivity index is 2.33. The Kier molecular flexibility index (Phi) is 3.79. The minimum absolute atomic E-state index is 0.0899. The van der Waals surface area contributed by atoms with Crippen LogP contribution in [0.4, 0.5) is 0 Å². The van der Waals surface area contributed by atoms with E-state index in [9.17, 15) is 5.11 Å². The number of aliphatic hydroxyl groups is 1. The summed E-state index contributed by atoms with van der Waals surface area (Å²) in [5.41, 5.74) is 1.12. The van der Waals surface area contributed by atoms with E-state index in [1.807, 2.05) is 0 Å². The van der Waals surface area contributed by atoms with E-state index < -0.39 is 0 Å². The molecule has 2 nitrogen and oxygen atoms in total. The van der Waals surface area contributed by atoms with Gasteiger partial charge < -0.3 is 10.4 Å². The van der Waals surface area contributed by atoms with Gasteiger partial charge in [0.1, 0.15) is 0 Å². The molecular weight excluding hydrogens is 162 g/mol. The third-order valence-corrected chi connectivity index (χ3v) is 2.96. The first-order valence-electron chi connectivity index (χ1n) is 5.25. The fourth-order valence-electron chi connectivity index (χ4n) is 1.90. The molecule has 1 saturated carbocycles. The molecule has 0 spiro atoms. The molecule has 0 bridgehead atoms. The van der Waals surface area contributed by atoms with Crippen LogP contribution >= 0.6 is 0 Å². The Morgan fingerprint density at radius 3 is 2.77 bits per heavy atom. The summed E-state index contributed by atoms with van der Waals surface area (Å²) in [5, 5.41) is 13.0. The number of nitrogens with one attached hydrogen (secondary N) is 1. The van der Waals surface area contributed by atoms with E-state index in [1.165, 1.54) is 0 Å². The minimum atomic E-state index is -0.0899. The summed E-state index contributed by atoms with van der Waals surface area (Å²) in [4.78, 5) is 0. The van der Waals surface area contributed by atoms with Crippen LogP contribution in [0.5, 0.6) is 0 Å². The highest BCUT2D eigenvalue weighted by Crippen LogP contribution is 2.24. The molecule has 0 aromatic rings. The Morgan fingerprint density at radius 2 is 2.23 bits per heavy atom. The lowest BCUT2D eigenvalue weighted by atomic mass is 9.84. The smallest absolute Gasteiger partial charge is 0.0567 e. The Labute approximate surface area is 81.0 Å². The van der Waals surface area contributed by atoms with Gasteiger partial charge in [-0.3, -0.25) is 0 Å². The Morgan fingerprint density at radius 1 is 1.54 bits per heavy atom. The second-order valence-corrected chi connectivity index (χ2v) is 4.16. The van der Waals surface area contributed by atoms with Crippen molar-refractivity contribution in [3.05, 3.63) is 12.3 Å². The van der Waals surface area contributed by atoms with E-state index in [0.717, 1.165) is 31.4 Å². The van der Waals surface area contributed by atoms with E-state index in [-0.39, 0.29) is 6.10 Å². The molecule has 1 fully saturated rings. The first-order valence-corrected chi connectivity index (χ1v) is 5.25. The Bertz CT molecular complexity index is 179. The largest absolute Gasteiger partial charge is 0.393 e. The molecule has 0 heterocycles. The number of aliphatic hydroxyl groups excluding tert-OH is 1.